The molecule has 1 aromatic heterocycles. The summed E-state index contributed by atoms with van der Waals surface area (Å²) < 4.78 is 11.6. The molecule has 0 saturated heterocycles. The normalized spacial score (nSPS) is 16.2. The minimum atomic E-state index is 0.150. The van der Waals surface area contributed by atoms with Crippen molar-refractivity contribution in [2.45, 2.75) is 39.2 Å². The Hall–Kier alpha value is -2.50. The van der Waals surface area contributed by atoms with E-state index in [0.29, 0.717) is 0 Å². The Labute approximate surface area is 162 Å². The van der Waals surface area contributed by atoms with E-state index in [-0.39, 0.29) is 6.10 Å². The number of aromatic nitrogens is 1. The number of nitrogens with zero attached hydrogens (tertiary/aromatic N) is 3. The third kappa shape index (κ3) is 4.62. The Morgan fingerprint density at radius 1 is 1.33 bits per heavy atom. The Balaban J connectivity index is 1.72. The van der Waals surface area contributed by atoms with Crippen molar-refractivity contribution < 1.29 is 9.47 Å². The molecule has 1 aliphatic carbocycles. The zero-order valence-corrected chi connectivity index (χ0v) is 17.0. The van der Waals surface area contributed by atoms with Crippen molar-refractivity contribution in [2.24, 2.45) is 4.99 Å². The van der Waals surface area contributed by atoms with E-state index < -0.39 is 0 Å². The van der Waals surface area contributed by atoms with Gasteiger partial charge in [0.1, 0.15) is 19.7 Å². The van der Waals surface area contributed by atoms with Crippen LogP contribution in [0.1, 0.15) is 30.2 Å². The molecule has 1 aliphatic rings. The van der Waals surface area contributed by atoms with Gasteiger partial charge in [0, 0.05) is 20.0 Å². The summed E-state index contributed by atoms with van der Waals surface area (Å²) in [6.07, 6.45) is 4.89. The van der Waals surface area contributed by atoms with Gasteiger partial charge in [-0.2, -0.15) is 0 Å². The highest BCUT2D eigenvalue weighted by Gasteiger charge is 2.22. The van der Waals surface area contributed by atoms with Gasteiger partial charge in [0.05, 0.1) is 24.8 Å². The fourth-order valence-corrected chi connectivity index (χ4v) is 3.24. The van der Waals surface area contributed by atoms with Gasteiger partial charge < -0.3 is 14.4 Å². The van der Waals surface area contributed by atoms with Gasteiger partial charge in [-0.1, -0.05) is 6.07 Å². The van der Waals surface area contributed by atoms with E-state index in [1.54, 1.807) is 7.11 Å². The zero-order chi connectivity index (χ0) is 19.4. The molecule has 1 atom stereocenters. The molecule has 0 saturated carbocycles. The van der Waals surface area contributed by atoms with Gasteiger partial charge in [-0.05, 0) is 61.5 Å². The number of fused-ring (bicyclic) bond motifs is 1. The summed E-state index contributed by atoms with van der Waals surface area (Å²) in [7, 11) is 5.75. The van der Waals surface area contributed by atoms with Gasteiger partial charge in [-0.25, -0.2) is 9.98 Å². The molecule has 0 fully saturated rings. The minimum absolute atomic E-state index is 0.150. The molecule has 1 aromatic carbocycles. The van der Waals surface area contributed by atoms with Crippen LogP contribution in [0.15, 0.2) is 29.3 Å². The summed E-state index contributed by atoms with van der Waals surface area (Å²) in [6, 6.07) is 8.37. The van der Waals surface area contributed by atoms with E-state index in [9.17, 15) is 0 Å². The summed E-state index contributed by atoms with van der Waals surface area (Å²) in [6.45, 7) is 5.00. The standard InChI is InChI=1S/C21H28BN3O2/c1-5-25(3)13-23-20-12-19(22)21(24-14(20)2)27-18-9-7-15-10-17(26-4)8-6-16(15)11-18/h6,8,10,12-13,18H,5,7,9,11,22H2,1-4H3/b23-13+. The van der Waals surface area contributed by atoms with Crippen molar-refractivity contribution in [1.82, 2.24) is 9.88 Å². The van der Waals surface area contributed by atoms with E-state index in [2.05, 4.69) is 35.1 Å². The van der Waals surface area contributed by atoms with Crippen molar-refractivity contribution >= 4 is 25.3 Å². The number of methoxy groups -OCH3 is 1. The molecule has 3 rings (SSSR count). The van der Waals surface area contributed by atoms with Gasteiger partial charge in [0.25, 0.3) is 0 Å². The van der Waals surface area contributed by atoms with Gasteiger partial charge in [-0.3, -0.25) is 0 Å². The van der Waals surface area contributed by atoms with Crippen molar-refractivity contribution in [3.63, 3.8) is 0 Å². The molecule has 0 N–H and O–H groups in total. The zero-order valence-electron chi connectivity index (χ0n) is 17.0. The van der Waals surface area contributed by atoms with Crippen LogP contribution in [0.25, 0.3) is 0 Å². The highest BCUT2D eigenvalue weighted by Crippen LogP contribution is 2.28. The molecule has 0 spiro atoms. The maximum absolute atomic E-state index is 6.28. The molecule has 0 aliphatic heterocycles. The number of rotatable bonds is 6. The second-order valence-corrected chi connectivity index (χ2v) is 7.15. The molecule has 27 heavy (non-hydrogen) atoms. The number of pyridine rings is 1. The lowest BCUT2D eigenvalue weighted by molar-refractivity contribution is 0.178. The average Bonchev–Trinajstić information content (AvgIpc) is 2.68. The van der Waals surface area contributed by atoms with Gasteiger partial charge in [0.15, 0.2) is 0 Å². The van der Waals surface area contributed by atoms with Crippen LogP contribution in [0.2, 0.25) is 0 Å². The molecule has 1 heterocycles. The monoisotopic (exact) mass is 365 g/mol. The smallest absolute Gasteiger partial charge is 0.207 e. The lowest BCUT2D eigenvalue weighted by atomic mass is 9.89. The average molecular weight is 365 g/mol. The number of benzene rings is 1. The largest absolute Gasteiger partial charge is 0.497 e. The first kappa shape index (κ1) is 19.3. The van der Waals surface area contributed by atoms with Crippen LogP contribution in [0.5, 0.6) is 11.6 Å². The number of ether oxygens (including phenoxy) is 2. The number of aryl methyl sites for hydroxylation is 2. The second-order valence-electron chi connectivity index (χ2n) is 7.15. The molecule has 142 valence electrons. The SMILES string of the molecule is Bc1cc(/N=C/N(C)CC)c(C)nc1OC1CCc2cc(OC)ccc2C1. The molecule has 0 amide bonds. The highest BCUT2D eigenvalue weighted by atomic mass is 16.5. The first-order chi connectivity index (χ1) is 13.0. The van der Waals surface area contributed by atoms with E-state index >= 15 is 0 Å². The third-order valence-corrected chi connectivity index (χ3v) is 5.10. The molecule has 2 aromatic rings. The third-order valence-electron chi connectivity index (χ3n) is 5.10. The summed E-state index contributed by atoms with van der Waals surface area (Å²) in [5, 5.41) is 0. The highest BCUT2D eigenvalue weighted by molar-refractivity contribution is 6.34. The van der Waals surface area contributed by atoms with Crippen molar-refractivity contribution in [3.8, 4) is 11.6 Å². The second kappa shape index (κ2) is 8.46. The van der Waals surface area contributed by atoms with Crippen LogP contribution >= 0.6 is 0 Å². The van der Waals surface area contributed by atoms with Gasteiger partial charge >= 0.3 is 0 Å². The minimum Gasteiger partial charge on any atom is -0.497 e. The number of aliphatic imine (C=N–C) groups is 1. The molecule has 0 radical (unpaired) electrons. The summed E-state index contributed by atoms with van der Waals surface area (Å²) in [4.78, 5) is 11.3. The molecular weight excluding hydrogens is 337 g/mol. The van der Waals surface area contributed by atoms with Crippen LogP contribution in [0, 0.1) is 6.92 Å². The molecular formula is C21H28BN3O2. The molecule has 0 bridgehead atoms. The van der Waals surface area contributed by atoms with Crippen LogP contribution in [0.3, 0.4) is 0 Å². The topological polar surface area (TPSA) is 47.0 Å². The van der Waals surface area contributed by atoms with Gasteiger partial charge in [0.2, 0.25) is 5.88 Å². The fourth-order valence-electron chi connectivity index (χ4n) is 3.24. The van der Waals surface area contributed by atoms with Crippen molar-refractivity contribution in [3.05, 3.63) is 41.1 Å². The number of hydrogen-bond donors (Lipinski definition) is 0. The van der Waals surface area contributed by atoms with Crippen molar-refractivity contribution in [2.75, 3.05) is 20.7 Å². The van der Waals surface area contributed by atoms with Crippen LogP contribution in [0.4, 0.5) is 5.69 Å². The summed E-state index contributed by atoms with van der Waals surface area (Å²) >= 11 is 0. The molecule has 6 heteroatoms. The first-order valence-corrected chi connectivity index (χ1v) is 9.55. The Kier molecular flexibility index (Phi) is 6.04. The summed E-state index contributed by atoms with van der Waals surface area (Å²) in [5.41, 5.74) is 5.50. The van der Waals surface area contributed by atoms with E-state index in [0.717, 1.165) is 54.3 Å². The van der Waals surface area contributed by atoms with Gasteiger partial charge in [-0.15, -0.1) is 0 Å². The van der Waals surface area contributed by atoms with Crippen molar-refractivity contribution in [1.29, 1.82) is 0 Å². The quantitative estimate of drug-likeness (QED) is 0.447. The molecule has 5 nitrogen and oxygen atoms in total. The maximum atomic E-state index is 6.28. The maximum Gasteiger partial charge on any atom is 0.207 e. The van der Waals surface area contributed by atoms with Crippen LogP contribution in [-0.2, 0) is 12.8 Å². The Morgan fingerprint density at radius 2 is 2.15 bits per heavy atom. The van der Waals surface area contributed by atoms with E-state index in [4.69, 9.17) is 9.47 Å². The lowest BCUT2D eigenvalue weighted by Crippen LogP contribution is -2.28. The van der Waals surface area contributed by atoms with E-state index in [1.165, 1.54) is 11.1 Å². The Morgan fingerprint density at radius 3 is 2.89 bits per heavy atom. The van der Waals surface area contributed by atoms with Crippen LogP contribution in [-0.4, -0.2) is 50.9 Å². The predicted octanol–water partition coefficient (Wildman–Crippen LogP) is 2.20. The Bertz CT molecular complexity index is 838. The number of hydrogen-bond acceptors (Lipinski definition) is 4. The van der Waals surface area contributed by atoms with Crippen LogP contribution < -0.4 is 14.9 Å². The van der Waals surface area contributed by atoms with E-state index in [1.807, 2.05) is 39.1 Å². The lowest BCUT2D eigenvalue weighted by Gasteiger charge is -2.26. The summed E-state index contributed by atoms with van der Waals surface area (Å²) in [5.74, 6) is 1.64. The first-order valence-electron chi connectivity index (χ1n) is 9.55. The molecule has 1 unspecified atom stereocenters. The fraction of sp³-hybridized carbons (Fsp3) is 0.429. The predicted molar refractivity (Wildman–Crippen MR) is 113 cm³/mol.